The number of carbonyl (C=O) groups excluding carboxylic acids is 1. The number of ether oxygens (including phenoxy) is 2. The van der Waals surface area contributed by atoms with Gasteiger partial charge in [-0.25, -0.2) is 4.57 Å². The van der Waals surface area contributed by atoms with E-state index in [-0.39, 0.29) is 19.6 Å². The lowest BCUT2D eigenvalue weighted by Crippen LogP contribution is -2.29. The van der Waals surface area contributed by atoms with Crippen molar-refractivity contribution in [2.75, 3.05) is 33.0 Å². The van der Waals surface area contributed by atoms with E-state index in [1.807, 2.05) is 0 Å². The molecule has 0 spiro atoms. The average molecular weight is 851 g/mol. The van der Waals surface area contributed by atoms with Crippen molar-refractivity contribution < 1.29 is 43.0 Å². The number of allylic oxidation sites excluding steroid dienone is 12. The summed E-state index contributed by atoms with van der Waals surface area (Å²) in [6.45, 7) is 3.35. The average Bonchev–Trinajstić information content (AvgIpc) is 3.23. The van der Waals surface area contributed by atoms with Crippen LogP contribution in [0.1, 0.15) is 187 Å². The molecule has 0 rings (SSSR count). The minimum atomic E-state index is -4.53. The molecule has 0 aromatic carbocycles. The zero-order valence-electron chi connectivity index (χ0n) is 37.4. The van der Waals surface area contributed by atoms with Crippen molar-refractivity contribution in [3.8, 4) is 0 Å². The molecule has 3 N–H and O–H groups in total. The Morgan fingerprint density at radius 1 is 0.542 bits per heavy atom. The Bertz CT molecular complexity index is 1150. The number of carbonyl (C=O) groups is 1. The van der Waals surface area contributed by atoms with Crippen molar-refractivity contribution in [1.29, 1.82) is 0 Å². The summed E-state index contributed by atoms with van der Waals surface area (Å²) in [5, 5.41) is 18.4. The van der Waals surface area contributed by atoms with Crippen molar-refractivity contribution in [3.05, 3.63) is 72.9 Å². The lowest BCUT2D eigenvalue weighted by atomic mass is 10.1. The van der Waals surface area contributed by atoms with Crippen molar-refractivity contribution in [2.24, 2.45) is 0 Å². The molecule has 0 aliphatic carbocycles. The van der Waals surface area contributed by atoms with Crippen LogP contribution in [0.15, 0.2) is 72.9 Å². The van der Waals surface area contributed by atoms with Crippen molar-refractivity contribution in [2.45, 2.75) is 199 Å². The van der Waals surface area contributed by atoms with E-state index in [1.54, 1.807) is 0 Å². The highest BCUT2D eigenvalue weighted by atomic mass is 31.2. The van der Waals surface area contributed by atoms with Crippen LogP contribution < -0.4 is 0 Å². The summed E-state index contributed by atoms with van der Waals surface area (Å²) >= 11 is 0. The summed E-state index contributed by atoms with van der Waals surface area (Å²) in [5.74, 6) is -0.400. The molecule has 0 radical (unpaired) electrons. The standard InChI is InChI=1S/C49H87O9P/c1-3-5-7-9-11-13-15-17-19-21-23-25-27-29-31-33-35-37-39-41-49(52)58-48(46-57-59(53,54)56-44-47(51)43-50)45-55-42-40-38-36-34-32-30-28-26-24-22-20-18-16-14-12-10-8-6-4-2/h5,7,11,13-14,16-17,19-20,22-23,25,47-48,50-51H,3-4,6,8-10,12,15,18,21,24,26-46H2,1-2H3,(H,53,54)/b7-5-,13-11-,16-14-,19-17-,22-20-,25-23-. The highest BCUT2D eigenvalue weighted by Crippen LogP contribution is 2.43. The molecule has 3 atom stereocenters. The second-order valence-corrected chi connectivity index (χ2v) is 16.8. The first-order valence-corrected chi connectivity index (χ1v) is 24.9. The lowest BCUT2D eigenvalue weighted by molar-refractivity contribution is -0.154. The normalized spacial score (nSPS) is 14.6. The minimum absolute atomic E-state index is 0.0358. The van der Waals surface area contributed by atoms with Gasteiger partial charge in [0.15, 0.2) is 0 Å². The maximum absolute atomic E-state index is 12.7. The van der Waals surface area contributed by atoms with Crippen molar-refractivity contribution >= 4 is 13.8 Å². The first-order valence-electron chi connectivity index (χ1n) is 23.4. The molecule has 0 fully saturated rings. The van der Waals surface area contributed by atoms with Crippen LogP contribution in [0, 0.1) is 0 Å². The van der Waals surface area contributed by atoms with Gasteiger partial charge in [0.2, 0.25) is 0 Å². The van der Waals surface area contributed by atoms with Gasteiger partial charge in [0.25, 0.3) is 0 Å². The minimum Gasteiger partial charge on any atom is -0.457 e. The Morgan fingerprint density at radius 3 is 1.46 bits per heavy atom. The predicted octanol–water partition coefficient (Wildman–Crippen LogP) is 13.3. The zero-order valence-corrected chi connectivity index (χ0v) is 38.3. The Hall–Kier alpha value is -2.10. The van der Waals surface area contributed by atoms with Crippen LogP contribution in [-0.4, -0.2) is 66.3 Å². The molecule has 3 unspecified atom stereocenters. The third-order valence-electron chi connectivity index (χ3n) is 9.63. The van der Waals surface area contributed by atoms with Gasteiger partial charge in [-0.15, -0.1) is 0 Å². The maximum atomic E-state index is 12.7. The molecular formula is C49H87O9P. The molecule has 0 aliphatic heterocycles. The van der Waals surface area contributed by atoms with Gasteiger partial charge < -0.3 is 24.6 Å². The van der Waals surface area contributed by atoms with E-state index in [9.17, 15) is 19.4 Å². The topological polar surface area (TPSA) is 132 Å². The van der Waals surface area contributed by atoms with Gasteiger partial charge in [-0.3, -0.25) is 13.8 Å². The molecule has 9 nitrogen and oxygen atoms in total. The number of esters is 1. The second-order valence-electron chi connectivity index (χ2n) is 15.4. The summed E-state index contributed by atoms with van der Waals surface area (Å²) in [4.78, 5) is 22.6. The number of phosphoric acid groups is 1. The third kappa shape index (κ3) is 45.3. The number of hydrogen-bond acceptors (Lipinski definition) is 8. The van der Waals surface area contributed by atoms with E-state index in [0.29, 0.717) is 13.0 Å². The molecule has 59 heavy (non-hydrogen) atoms. The Kier molecular flexibility index (Phi) is 43.8. The molecule has 0 aliphatic rings. The van der Waals surface area contributed by atoms with E-state index in [0.717, 1.165) is 96.3 Å². The summed E-state index contributed by atoms with van der Waals surface area (Å²) in [6.07, 6.45) is 54.3. The monoisotopic (exact) mass is 851 g/mol. The van der Waals surface area contributed by atoms with Crippen LogP contribution in [0.3, 0.4) is 0 Å². The van der Waals surface area contributed by atoms with E-state index in [4.69, 9.17) is 23.6 Å². The fraction of sp³-hybridized carbons (Fsp3) is 0.735. The Labute approximate surface area is 361 Å². The van der Waals surface area contributed by atoms with Crippen LogP contribution in [0.2, 0.25) is 0 Å². The molecule has 0 amide bonds. The molecule has 0 saturated carbocycles. The van der Waals surface area contributed by atoms with Gasteiger partial charge in [-0.2, -0.15) is 0 Å². The highest BCUT2D eigenvalue weighted by molar-refractivity contribution is 7.47. The quantitative estimate of drug-likeness (QED) is 0.0237. The summed E-state index contributed by atoms with van der Waals surface area (Å²) in [7, 11) is -4.53. The third-order valence-corrected chi connectivity index (χ3v) is 10.6. The molecule has 0 heterocycles. The second kappa shape index (κ2) is 45.4. The maximum Gasteiger partial charge on any atom is 0.472 e. The molecular weight excluding hydrogens is 764 g/mol. The largest absolute Gasteiger partial charge is 0.472 e. The van der Waals surface area contributed by atoms with Gasteiger partial charge in [-0.1, -0.05) is 170 Å². The Morgan fingerprint density at radius 2 is 0.966 bits per heavy atom. The number of aliphatic hydroxyl groups is 2. The van der Waals surface area contributed by atoms with Crippen LogP contribution >= 0.6 is 7.82 Å². The lowest BCUT2D eigenvalue weighted by Gasteiger charge is -2.20. The van der Waals surface area contributed by atoms with Gasteiger partial charge >= 0.3 is 13.8 Å². The highest BCUT2D eigenvalue weighted by Gasteiger charge is 2.26. The van der Waals surface area contributed by atoms with E-state index >= 15 is 0 Å². The number of hydrogen-bond donors (Lipinski definition) is 3. The molecule has 0 aromatic heterocycles. The molecule has 10 heteroatoms. The van der Waals surface area contributed by atoms with Gasteiger partial charge in [-0.05, 0) is 83.5 Å². The van der Waals surface area contributed by atoms with E-state index < -0.39 is 39.2 Å². The van der Waals surface area contributed by atoms with Crippen LogP contribution in [-0.2, 0) is 27.9 Å². The molecule has 0 saturated heterocycles. The smallest absolute Gasteiger partial charge is 0.457 e. The van der Waals surface area contributed by atoms with E-state index in [2.05, 4.69) is 86.8 Å². The SMILES string of the molecule is CC/C=C\C/C=C\C/C=C\C/C=C\CCCCCCCCC(=O)OC(COCCCCCCCCCC/C=C\C/C=C\CCCCCC)COP(=O)(O)OCC(O)CO. The van der Waals surface area contributed by atoms with Crippen molar-refractivity contribution in [1.82, 2.24) is 0 Å². The number of phosphoric ester groups is 1. The first-order chi connectivity index (χ1) is 28.8. The van der Waals surface area contributed by atoms with Crippen molar-refractivity contribution in [3.63, 3.8) is 0 Å². The predicted molar refractivity (Wildman–Crippen MR) is 246 cm³/mol. The molecule has 0 bridgehead atoms. The summed E-state index contributed by atoms with van der Waals surface area (Å²) < 4.78 is 33.4. The van der Waals surface area contributed by atoms with Gasteiger partial charge in [0.1, 0.15) is 12.2 Å². The Balaban J connectivity index is 4.18. The number of rotatable bonds is 44. The first kappa shape index (κ1) is 56.9. The van der Waals surface area contributed by atoms with Gasteiger partial charge in [0, 0.05) is 13.0 Å². The van der Waals surface area contributed by atoms with Crippen LogP contribution in [0.5, 0.6) is 0 Å². The molecule has 342 valence electrons. The zero-order chi connectivity index (χ0) is 43.2. The fourth-order valence-corrected chi connectivity index (χ4v) is 6.87. The number of unbranched alkanes of at least 4 members (excludes halogenated alkanes) is 18. The van der Waals surface area contributed by atoms with E-state index in [1.165, 1.54) is 64.2 Å². The number of aliphatic hydroxyl groups excluding tert-OH is 2. The van der Waals surface area contributed by atoms with Crippen LogP contribution in [0.25, 0.3) is 0 Å². The van der Waals surface area contributed by atoms with Crippen LogP contribution in [0.4, 0.5) is 0 Å². The summed E-state index contributed by atoms with van der Waals surface area (Å²) in [5.41, 5.74) is 0. The fourth-order valence-electron chi connectivity index (χ4n) is 6.08. The summed E-state index contributed by atoms with van der Waals surface area (Å²) in [6, 6.07) is 0. The van der Waals surface area contributed by atoms with Gasteiger partial charge in [0.05, 0.1) is 26.4 Å². The molecule has 0 aromatic rings.